The summed E-state index contributed by atoms with van der Waals surface area (Å²) in [6.07, 6.45) is 1.43. The van der Waals surface area contributed by atoms with Crippen LogP contribution in [0.3, 0.4) is 0 Å². The topological polar surface area (TPSA) is 129 Å². The number of ether oxygens (including phenoxy) is 4. The van der Waals surface area contributed by atoms with Crippen molar-refractivity contribution in [1.29, 1.82) is 0 Å². The maximum absolute atomic E-state index is 11.6. The number of nitrogens with one attached hydrogen (secondary N) is 2. The minimum absolute atomic E-state index is 0.0502. The predicted octanol–water partition coefficient (Wildman–Crippen LogP) is 2.99. The van der Waals surface area contributed by atoms with E-state index in [4.69, 9.17) is 18.9 Å². The Labute approximate surface area is 196 Å². The van der Waals surface area contributed by atoms with Crippen molar-refractivity contribution in [1.82, 2.24) is 10.6 Å². The van der Waals surface area contributed by atoms with Crippen molar-refractivity contribution in [3.05, 3.63) is 72.8 Å². The molecule has 0 bridgehead atoms. The summed E-state index contributed by atoms with van der Waals surface area (Å²) >= 11 is 0. The molecule has 2 amide bonds. The molecular weight excluding hydrogens is 444 g/mol. The highest BCUT2D eigenvalue weighted by atomic mass is 16.6. The van der Waals surface area contributed by atoms with Crippen LogP contribution in [0, 0.1) is 0 Å². The number of carbonyl (C=O) groups excluding carboxylic acids is 4. The van der Waals surface area contributed by atoms with Crippen LogP contribution < -0.4 is 20.1 Å². The number of hydrogen-bond donors (Lipinski definition) is 2. The molecule has 180 valence electrons. The Morgan fingerprint density at radius 2 is 1.00 bits per heavy atom. The standard InChI is InChI=1S/C24H26N2O8/c27-21(31-17-7-15-25-23(29)33-19-9-3-1-4-10-19)13-14-22(28)32-18-8-16-26-24(30)34-20-11-5-2-6-12-20/h1-6,9-14H,7-8,15-18H2,(H,25,29)(H,26,30)/b14-13+. The minimum atomic E-state index is -0.714. The van der Waals surface area contributed by atoms with Crippen LogP contribution in [0.15, 0.2) is 72.8 Å². The second-order valence-electron chi connectivity index (χ2n) is 6.63. The van der Waals surface area contributed by atoms with E-state index in [2.05, 4.69) is 10.6 Å². The van der Waals surface area contributed by atoms with Crippen molar-refractivity contribution in [3.63, 3.8) is 0 Å². The molecule has 0 saturated heterocycles. The Morgan fingerprint density at radius 1 is 0.618 bits per heavy atom. The van der Waals surface area contributed by atoms with Crippen LogP contribution in [0.5, 0.6) is 11.5 Å². The maximum Gasteiger partial charge on any atom is 0.412 e. The summed E-state index contributed by atoms with van der Waals surface area (Å²) in [7, 11) is 0. The average molecular weight is 470 g/mol. The first-order chi connectivity index (χ1) is 16.5. The maximum atomic E-state index is 11.6. The van der Waals surface area contributed by atoms with Gasteiger partial charge in [-0.2, -0.15) is 0 Å². The highest BCUT2D eigenvalue weighted by Crippen LogP contribution is 2.08. The Hall–Kier alpha value is -4.34. The molecule has 0 aliphatic heterocycles. The number of hydrogen-bond acceptors (Lipinski definition) is 8. The molecule has 0 aliphatic rings. The summed E-state index contributed by atoms with van der Waals surface area (Å²) in [5.74, 6) is -0.584. The third-order valence-corrected chi connectivity index (χ3v) is 3.93. The molecule has 0 radical (unpaired) electrons. The van der Waals surface area contributed by atoms with Crippen LogP contribution in [-0.4, -0.2) is 50.4 Å². The minimum Gasteiger partial charge on any atom is -0.462 e. The van der Waals surface area contributed by atoms with E-state index in [0.717, 1.165) is 12.2 Å². The van der Waals surface area contributed by atoms with Gasteiger partial charge in [0, 0.05) is 25.2 Å². The number of benzene rings is 2. The monoisotopic (exact) mass is 470 g/mol. The molecule has 0 heterocycles. The normalized spacial score (nSPS) is 10.2. The van der Waals surface area contributed by atoms with Gasteiger partial charge in [-0.1, -0.05) is 36.4 Å². The molecule has 2 rings (SSSR count). The van der Waals surface area contributed by atoms with Gasteiger partial charge in [0.15, 0.2) is 0 Å². The van der Waals surface area contributed by atoms with Crippen LogP contribution in [0.25, 0.3) is 0 Å². The number of carbonyl (C=O) groups is 4. The van der Waals surface area contributed by atoms with Crippen LogP contribution >= 0.6 is 0 Å². The molecule has 0 aliphatic carbocycles. The smallest absolute Gasteiger partial charge is 0.412 e. The summed E-state index contributed by atoms with van der Waals surface area (Å²) in [6, 6.07) is 17.2. The second-order valence-corrected chi connectivity index (χ2v) is 6.63. The zero-order valence-electron chi connectivity index (χ0n) is 18.4. The number of para-hydroxylation sites is 2. The van der Waals surface area contributed by atoms with Gasteiger partial charge in [0.25, 0.3) is 0 Å². The summed E-state index contributed by atoms with van der Waals surface area (Å²) in [6.45, 7) is 0.596. The number of amides is 2. The van der Waals surface area contributed by atoms with Crippen molar-refractivity contribution in [3.8, 4) is 11.5 Å². The lowest BCUT2D eigenvalue weighted by Gasteiger charge is -2.07. The molecule has 2 aromatic rings. The lowest BCUT2D eigenvalue weighted by atomic mass is 10.3. The van der Waals surface area contributed by atoms with Gasteiger partial charge >= 0.3 is 24.1 Å². The molecule has 0 saturated carbocycles. The fraction of sp³-hybridized carbons (Fsp3) is 0.250. The van der Waals surface area contributed by atoms with Crippen LogP contribution in [0.2, 0.25) is 0 Å². The van der Waals surface area contributed by atoms with E-state index in [0.29, 0.717) is 24.3 Å². The highest BCUT2D eigenvalue weighted by molar-refractivity contribution is 5.91. The van der Waals surface area contributed by atoms with Crippen molar-refractivity contribution >= 4 is 24.1 Å². The van der Waals surface area contributed by atoms with Gasteiger partial charge in [-0.15, -0.1) is 0 Å². The van der Waals surface area contributed by atoms with Crippen LogP contribution in [-0.2, 0) is 19.1 Å². The number of rotatable bonds is 12. The van der Waals surface area contributed by atoms with Crippen LogP contribution in [0.1, 0.15) is 12.8 Å². The van der Waals surface area contributed by atoms with E-state index in [9.17, 15) is 19.2 Å². The van der Waals surface area contributed by atoms with Crippen molar-refractivity contribution in [2.24, 2.45) is 0 Å². The van der Waals surface area contributed by atoms with Gasteiger partial charge in [-0.05, 0) is 37.1 Å². The fourth-order valence-electron chi connectivity index (χ4n) is 2.37. The summed E-state index contributed by atoms with van der Waals surface area (Å²) in [5.41, 5.74) is 0. The lowest BCUT2D eigenvalue weighted by Crippen LogP contribution is -2.28. The van der Waals surface area contributed by atoms with Gasteiger partial charge in [0.1, 0.15) is 11.5 Å². The van der Waals surface area contributed by atoms with Gasteiger partial charge in [0.2, 0.25) is 0 Å². The first kappa shape index (κ1) is 25.9. The van der Waals surface area contributed by atoms with E-state index < -0.39 is 24.1 Å². The summed E-state index contributed by atoms with van der Waals surface area (Å²) in [5, 5.41) is 5.06. The quantitative estimate of drug-likeness (QED) is 0.275. The molecule has 2 aromatic carbocycles. The van der Waals surface area contributed by atoms with Crippen molar-refractivity contribution in [2.45, 2.75) is 12.8 Å². The van der Waals surface area contributed by atoms with E-state index in [1.165, 1.54) is 0 Å². The van der Waals surface area contributed by atoms with Gasteiger partial charge in [-0.3, -0.25) is 0 Å². The first-order valence-electron chi connectivity index (χ1n) is 10.6. The first-order valence-corrected chi connectivity index (χ1v) is 10.6. The molecule has 0 fully saturated rings. The Balaban J connectivity index is 1.46. The molecule has 2 N–H and O–H groups in total. The molecular formula is C24H26N2O8. The highest BCUT2D eigenvalue weighted by Gasteiger charge is 2.05. The Kier molecular flexibility index (Phi) is 11.8. The molecule has 0 unspecified atom stereocenters. The summed E-state index contributed by atoms with van der Waals surface area (Å²) < 4.78 is 19.9. The molecule has 10 nitrogen and oxygen atoms in total. The van der Waals surface area contributed by atoms with E-state index in [-0.39, 0.29) is 26.3 Å². The zero-order valence-corrected chi connectivity index (χ0v) is 18.4. The molecule has 0 aromatic heterocycles. The average Bonchev–Trinajstić information content (AvgIpc) is 2.83. The zero-order chi connectivity index (χ0) is 24.4. The Bertz CT molecular complexity index is 870. The predicted molar refractivity (Wildman–Crippen MR) is 121 cm³/mol. The van der Waals surface area contributed by atoms with Gasteiger partial charge < -0.3 is 29.6 Å². The second kappa shape index (κ2) is 15.5. The van der Waals surface area contributed by atoms with Crippen molar-refractivity contribution in [2.75, 3.05) is 26.3 Å². The van der Waals surface area contributed by atoms with Gasteiger partial charge in [0.05, 0.1) is 13.2 Å². The molecule has 0 atom stereocenters. The third kappa shape index (κ3) is 11.9. The lowest BCUT2D eigenvalue weighted by molar-refractivity contribution is -0.140. The summed E-state index contributed by atoms with van der Waals surface area (Å²) in [4.78, 5) is 46.4. The molecule has 10 heteroatoms. The molecule has 0 spiro atoms. The largest absolute Gasteiger partial charge is 0.462 e. The number of esters is 2. The van der Waals surface area contributed by atoms with E-state index in [1.807, 2.05) is 0 Å². The Morgan fingerprint density at radius 3 is 1.38 bits per heavy atom. The van der Waals surface area contributed by atoms with Crippen molar-refractivity contribution < 1.29 is 38.1 Å². The van der Waals surface area contributed by atoms with E-state index in [1.54, 1.807) is 60.7 Å². The van der Waals surface area contributed by atoms with Gasteiger partial charge in [-0.25, -0.2) is 19.2 Å². The third-order valence-electron chi connectivity index (χ3n) is 3.93. The fourth-order valence-corrected chi connectivity index (χ4v) is 2.37. The van der Waals surface area contributed by atoms with E-state index >= 15 is 0 Å². The van der Waals surface area contributed by atoms with Crippen LogP contribution in [0.4, 0.5) is 9.59 Å². The molecule has 34 heavy (non-hydrogen) atoms. The SMILES string of the molecule is O=C(/C=C/C(=O)OCCCNC(=O)Oc1ccccc1)OCCCNC(=O)Oc1ccccc1.